The van der Waals surface area contributed by atoms with E-state index in [-0.39, 0.29) is 23.8 Å². The molecule has 19 heavy (non-hydrogen) atoms. The average molecular weight is 259 g/mol. The Morgan fingerprint density at radius 2 is 2.05 bits per heavy atom. The highest BCUT2D eigenvalue weighted by molar-refractivity contribution is 6.05. The summed E-state index contributed by atoms with van der Waals surface area (Å²) in [5, 5.41) is 19.1. The first-order chi connectivity index (χ1) is 9.15. The van der Waals surface area contributed by atoms with E-state index in [1.165, 1.54) is 0 Å². The summed E-state index contributed by atoms with van der Waals surface area (Å²) in [4.78, 5) is 23.8. The van der Waals surface area contributed by atoms with Crippen molar-refractivity contribution in [3.8, 4) is 0 Å². The monoisotopic (exact) mass is 259 g/mol. The minimum absolute atomic E-state index is 0.0833. The topological polar surface area (TPSA) is 95.1 Å². The molecule has 1 heterocycles. The Labute approximate surface area is 108 Å². The van der Waals surface area contributed by atoms with Crippen LogP contribution in [-0.4, -0.2) is 33.4 Å². The van der Waals surface area contributed by atoms with Gasteiger partial charge in [-0.2, -0.15) is 5.10 Å². The lowest BCUT2D eigenvalue weighted by atomic mass is 10.1. The molecule has 1 amide bonds. The molecule has 0 bridgehead atoms. The highest BCUT2D eigenvalue weighted by Gasteiger charge is 2.43. The Morgan fingerprint density at radius 1 is 1.37 bits per heavy atom. The molecule has 98 valence electrons. The predicted octanol–water partition coefficient (Wildman–Crippen LogP) is 0.178. The highest BCUT2D eigenvalue weighted by Crippen LogP contribution is 2.34. The van der Waals surface area contributed by atoms with E-state index in [1.807, 2.05) is 0 Å². The molecule has 3 N–H and O–H groups in total. The summed E-state index contributed by atoms with van der Waals surface area (Å²) in [5.74, 6) is -0.376. The molecule has 1 aliphatic rings. The van der Waals surface area contributed by atoms with Crippen LogP contribution in [0.5, 0.6) is 0 Å². The minimum Gasteiger partial charge on any atom is -0.394 e. The van der Waals surface area contributed by atoms with Crippen molar-refractivity contribution in [2.45, 2.75) is 18.4 Å². The SMILES string of the molecule is O=C(NC1(CO)CC1)c1n[nH]c(=O)c2ccccc12. The number of aliphatic hydroxyl groups excluding tert-OH is 1. The number of aromatic nitrogens is 2. The van der Waals surface area contributed by atoms with Crippen LogP contribution in [0.3, 0.4) is 0 Å². The first-order valence-corrected chi connectivity index (χ1v) is 6.06. The summed E-state index contributed by atoms with van der Waals surface area (Å²) in [5.41, 5.74) is -0.652. The second-order valence-electron chi connectivity index (χ2n) is 4.84. The Balaban J connectivity index is 2.03. The van der Waals surface area contributed by atoms with Crippen molar-refractivity contribution >= 4 is 16.7 Å². The minimum atomic E-state index is -0.504. The van der Waals surface area contributed by atoms with Gasteiger partial charge < -0.3 is 10.4 Å². The van der Waals surface area contributed by atoms with Crippen molar-refractivity contribution in [1.82, 2.24) is 15.5 Å². The summed E-state index contributed by atoms with van der Waals surface area (Å²) in [6, 6.07) is 6.81. The third-order valence-corrected chi connectivity index (χ3v) is 3.45. The first-order valence-electron chi connectivity index (χ1n) is 6.06. The van der Waals surface area contributed by atoms with Crippen LogP contribution in [0.25, 0.3) is 10.8 Å². The smallest absolute Gasteiger partial charge is 0.272 e. The number of benzene rings is 1. The third-order valence-electron chi connectivity index (χ3n) is 3.45. The molecular formula is C13H13N3O3. The molecule has 1 aromatic carbocycles. The van der Waals surface area contributed by atoms with Gasteiger partial charge in [0.25, 0.3) is 11.5 Å². The second-order valence-corrected chi connectivity index (χ2v) is 4.84. The van der Waals surface area contributed by atoms with Gasteiger partial charge in [-0.25, -0.2) is 5.10 Å². The summed E-state index contributed by atoms with van der Waals surface area (Å²) in [6.45, 7) is -0.0833. The fraction of sp³-hybridized carbons (Fsp3) is 0.308. The number of aliphatic hydroxyl groups is 1. The number of hydrogen-bond donors (Lipinski definition) is 3. The zero-order chi connectivity index (χ0) is 13.5. The summed E-state index contributed by atoms with van der Waals surface area (Å²) in [7, 11) is 0. The number of amides is 1. The molecular weight excluding hydrogens is 246 g/mol. The van der Waals surface area contributed by atoms with Crippen molar-refractivity contribution < 1.29 is 9.90 Å². The van der Waals surface area contributed by atoms with E-state index in [1.54, 1.807) is 24.3 Å². The Morgan fingerprint density at radius 3 is 2.68 bits per heavy atom. The average Bonchev–Trinajstić information content (AvgIpc) is 3.19. The van der Waals surface area contributed by atoms with Gasteiger partial charge in [0.05, 0.1) is 17.5 Å². The maximum Gasteiger partial charge on any atom is 0.272 e. The quantitative estimate of drug-likeness (QED) is 0.732. The molecule has 0 atom stereocenters. The molecule has 0 aliphatic heterocycles. The van der Waals surface area contributed by atoms with Crippen LogP contribution in [0.15, 0.2) is 29.1 Å². The zero-order valence-corrected chi connectivity index (χ0v) is 10.1. The lowest BCUT2D eigenvalue weighted by molar-refractivity contribution is 0.0902. The normalized spacial score (nSPS) is 16.3. The summed E-state index contributed by atoms with van der Waals surface area (Å²) >= 11 is 0. The standard InChI is InChI=1S/C13H13N3O3/c17-7-13(5-6-13)14-12(19)10-8-3-1-2-4-9(8)11(18)16-15-10/h1-4,17H,5-7H2,(H,14,19)(H,16,18). The van der Waals surface area contributed by atoms with E-state index in [2.05, 4.69) is 15.5 Å². The van der Waals surface area contributed by atoms with E-state index in [4.69, 9.17) is 0 Å². The van der Waals surface area contributed by atoms with Gasteiger partial charge in [-0.15, -0.1) is 0 Å². The van der Waals surface area contributed by atoms with E-state index in [0.717, 1.165) is 12.8 Å². The number of hydrogen-bond acceptors (Lipinski definition) is 4. The Kier molecular flexibility index (Phi) is 2.60. The number of fused-ring (bicyclic) bond motifs is 1. The van der Waals surface area contributed by atoms with Gasteiger partial charge in [-0.1, -0.05) is 18.2 Å². The van der Waals surface area contributed by atoms with Crippen LogP contribution in [0.2, 0.25) is 0 Å². The van der Waals surface area contributed by atoms with Gasteiger partial charge in [-0.05, 0) is 18.9 Å². The fourth-order valence-corrected chi connectivity index (χ4v) is 2.06. The van der Waals surface area contributed by atoms with Crippen LogP contribution in [-0.2, 0) is 0 Å². The molecule has 0 spiro atoms. The number of nitrogens with zero attached hydrogens (tertiary/aromatic N) is 1. The van der Waals surface area contributed by atoms with Gasteiger partial charge in [0.15, 0.2) is 5.69 Å². The van der Waals surface area contributed by atoms with E-state index in [9.17, 15) is 14.7 Å². The maximum atomic E-state index is 12.2. The van der Waals surface area contributed by atoms with Crippen LogP contribution in [0.4, 0.5) is 0 Å². The van der Waals surface area contributed by atoms with Crippen LogP contribution in [0.1, 0.15) is 23.3 Å². The van der Waals surface area contributed by atoms with Gasteiger partial charge in [0, 0.05) is 5.39 Å². The molecule has 0 saturated heterocycles. The van der Waals surface area contributed by atoms with E-state index < -0.39 is 5.54 Å². The number of carbonyl (C=O) groups excluding carboxylic acids is 1. The van der Waals surface area contributed by atoms with Crippen molar-refractivity contribution in [2.24, 2.45) is 0 Å². The predicted molar refractivity (Wildman–Crippen MR) is 68.9 cm³/mol. The van der Waals surface area contributed by atoms with Gasteiger partial charge in [0.2, 0.25) is 0 Å². The molecule has 1 aromatic heterocycles. The van der Waals surface area contributed by atoms with Crippen molar-refractivity contribution in [3.63, 3.8) is 0 Å². The second kappa shape index (κ2) is 4.17. The molecule has 0 unspecified atom stereocenters. The largest absolute Gasteiger partial charge is 0.394 e. The van der Waals surface area contributed by atoms with Crippen molar-refractivity contribution in [1.29, 1.82) is 0 Å². The molecule has 6 nitrogen and oxygen atoms in total. The first kappa shape index (κ1) is 11.9. The number of rotatable bonds is 3. The lowest BCUT2D eigenvalue weighted by Gasteiger charge is -2.14. The highest BCUT2D eigenvalue weighted by atomic mass is 16.3. The van der Waals surface area contributed by atoms with E-state index in [0.29, 0.717) is 10.8 Å². The number of H-pyrrole nitrogens is 1. The summed E-state index contributed by atoms with van der Waals surface area (Å²) < 4.78 is 0. The maximum absolute atomic E-state index is 12.2. The fourth-order valence-electron chi connectivity index (χ4n) is 2.06. The molecule has 1 saturated carbocycles. The molecule has 1 fully saturated rings. The molecule has 6 heteroatoms. The number of aromatic amines is 1. The Bertz CT molecular complexity index is 704. The van der Waals surface area contributed by atoms with Gasteiger partial charge >= 0.3 is 0 Å². The van der Waals surface area contributed by atoms with Crippen LogP contribution >= 0.6 is 0 Å². The van der Waals surface area contributed by atoms with Crippen molar-refractivity contribution in [2.75, 3.05) is 6.61 Å². The van der Waals surface area contributed by atoms with E-state index >= 15 is 0 Å². The third kappa shape index (κ3) is 2.00. The number of carbonyl (C=O) groups is 1. The zero-order valence-electron chi connectivity index (χ0n) is 10.1. The molecule has 0 radical (unpaired) electrons. The number of nitrogens with one attached hydrogen (secondary N) is 2. The van der Waals surface area contributed by atoms with Gasteiger partial charge in [0.1, 0.15) is 0 Å². The molecule has 3 rings (SSSR count). The van der Waals surface area contributed by atoms with Crippen LogP contribution in [0, 0.1) is 0 Å². The van der Waals surface area contributed by atoms with Crippen LogP contribution < -0.4 is 10.9 Å². The van der Waals surface area contributed by atoms with Gasteiger partial charge in [-0.3, -0.25) is 9.59 Å². The molecule has 2 aromatic rings. The molecule has 1 aliphatic carbocycles. The van der Waals surface area contributed by atoms with Crippen molar-refractivity contribution in [3.05, 3.63) is 40.3 Å². The Hall–Kier alpha value is -2.21. The summed E-state index contributed by atoms with van der Waals surface area (Å²) in [6.07, 6.45) is 1.52. The lowest BCUT2D eigenvalue weighted by Crippen LogP contribution is -2.40.